The van der Waals surface area contributed by atoms with Gasteiger partial charge in [-0.1, -0.05) is 13.8 Å². The Morgan fingerprint density at radius 1 is 1.35 bits per heavy atom. The number of anilines is 1. The summed E-state index contributed by atoms with van der Waals surface area (Å²) in [6.07, 6.45) is 1.07. The van der Waals surface area contributed by atoms with E-state index in [1.807, 2.05) is 20.8 Å². The van der Waals surface area contributed by atoms with Crippen molar-refractivity contribution in [1.29, 1.82) is 0 Å². The molecule has 0 atom stereocenters. The maximum atomic E-state index is 12.3. The van der Waals surface area contributed by atoms with E-state index in [4.69, 9.17) is 10.5 Å². The number of thiophene rings is 1. The summed E-state index contributed by atoms with van der Waals surface area (Å²) in [6.45, 7) is 7.66. The van der Waals surface area contributed by atoms with E-state index in [9.17, 15) is 9.59 Å². The lowest BCUT2D eigenvalue weighted by atomic mass is 9.93. The van der Waals surface area contributed by atoms with E-state index in [1.54, 1.807) is 13.0 Å². The van der Waals surface area contributed by atoms with Crippen molar-refractivity contribution < 1.29 is 14.3 Å². The second kappa shape index (κ2) is 6.85. The second-order valence-electron chi connectivity index (χ2n) is 4.64. The van der Waals surface area contributed by atoms with Crippen LogP contribution in [-0.4, -0.2) is 24.0 Å². The number of hydrogen-bond acceptors (Lipinski definition) is 5. The van der Waals surface area contributed by atoms with Gasteiger partial charge >= 0.3 is 5.97 Å². The van der Waals surface area contributed by atoms with Gasteiger partial charge in [0.15, 0.2) is 0 Å². The van der Waals surface area contributed by atoms with E-state index in [2.05, 4.69) is 5.32 Å². The van der Waals surface area contributed by atoms with Gasteiger partial charge < -0.3 is 15.8 Å². The van der Waals surface area contributed by atoms with E-state index in [1.165, 1.54) is 11.3 Å². The van der Waals surface area contributed by atoms with E-state index in [0.29, 0.717) is 30.0 Å². The topological polar surface area (TPSA) is 81.4 Å². The van der Waals surface area contributed by atoms with Crippen LogP contribution in [0.2, 0.25) is 0 Å². The van der Waals surface area contributed by atoms with Crippen LogP contribution >= 0.6 is 11.3 Å². The van der Waals surface area contributed by atoms with Crippen LogP contribution in [0.4, 0.5) is 5.00 Å². The summed E-state index contributed by atoms with van der Waals surface area (Å²) in [5.41, 5.74) is 5.53. The Hall–Kier alpha value is -1.40. The van der Waals surface area contributed by atoms with Gasteiger partial charge in [-0.2, -0.15) is 0 Å². The molecule has 0 saturated carbocycles. The van der Waals surface area contributed by atoms with Gasteiger partial charge in [0.05, 0.1) is 17.7 Å². The van der Waals surface area contributed by atoms with Gasteiger partial charge in [-0.3, -0.25) is 4.79 Å². The first kappa shape index (κ1) is 16.7. The Morgan fingerprint density at radius 2 is 1.95 bits per heavy atom. The van der Waals surface area contributed by atoms with Crippen LogP contribution in [0.5, 0.6) is 0 Å². The van der Waals surface area contributed by atoms with Gasteiger partial charge in [-0.15, -0.1) is 11.3 Å². The minimum atomic E-state index is -0.913. The van der Waals surface area contributed by atoms with Gasteiger partial charge in [0.1, 0.15) is 5.00 Å². The molecule has 1 amide bonds. The van der Waals surface area contributed by atoms with Gasteiger partial charge in [-0.25, -0.2) is 4.79 Å². The van der Waals surface area contributed by atoms with Crippen molar-refractivity contribution in [2.45, 2.75) is 46.1 Å². The largest absolute Gasteiger partial charge is 0.462 e. The summed E-state index contributed by atoms with van der Waals surface area (Å²) in [7, 11) is 0. The van der Waals surface area contributed by atoms with Crippen molar-refractivity contribution in [3.05, 3.63) is 16.5 Å². The number of aryl methyl sites for hydroxylation is 1. The molecule has 0 aliphatic carbocycles. The highest BCUT2D eigenvalue weighted by Crippen LogP contribution is 2.29. The van der Waals surface area contributed by atoms with E-state index < -0.39 is 11.5 Å². The van der Waals surface area contributed by atoms with Gasteiger partial charge in [0, 0.05) is 4.88 Å². The molecule has 0 saturated heterocycles. The van der Waals surface area contributed by atoms with Crippen molar-refractivity contribution >= 4 is 28.2 Å². The molecule has 3 N–H and O–H groups in total. The SMILES string of the molecule is CCOC(=O)c1cc(C)sc1NC(=O)C(N)(CC)CC. The van der Waals surface area contributed by atoms with Crippen molar-refractivity contribution in [3.63, 3.8) is 0 Å². The van der Waals surface area contributed by atoms with Crippen LogP contribution in [0.15, 0.2) is 6.07 Å². The maximum Gasteiger partial charge on any atom is 0.341 e. The molecular formula is C14H22N2O3S. The molecule has 0 aliphatic rings. The lowest BCUT2D eigenvalue weighted by Gasteiger charge is -2.24. The van der Waals surface area contributed by atoms with Crippen LogP contribution < -0.4 is 11.1 Å². The average Bonchev–Trinajstić information content (AvgIpc) is 2.79. The van der Waals surface area contributed by atoms with Gasteiger partial charge in [-0.05, 0) is 32.8 Å². The van der Waals surface area contributed by atoms with Crippen LogP contribution in [0.25, 0.3) is 0 Å². The molecule has 0 bridgehead atoms. The Labute approximate surface area is 123 Å². The Morgan fingerprint density at radius 3 is 2.45 bits per heavy atom. The molecule has 112 valence electrons. The molecule has 0 aromatic carbocycles. The van der Waals surface area contributed by atoms with Crippen molar-refractivity contribution in [3.8, 4) is 0 Å². The Bertz CT molecular complexity index is 493. The molecular weight excluding hydrogens is 276 g/mol. The van der Waals surface area contributed by atoms with Crippen molar-refractivity contribution in [2.75, 3.05) is 11.9 Å². The average molecular weight is 298 g/mol. The third-order valence-corrected chi connectivity index (χ3v) is 4.26. The number of nitrogens with one attached hydrogen (secondary N) is 1. The lowest BCUT2D eigenvalue weighted by molar-refractivity contribution is -0.121. The lowest BCUT2D eigenvalue weighted by Crippen LogP contribution is -2.50. The van der Waals surface area contributed by atoms with Gasteiger partial charge in [0.2, 0.25) is 5.91 Å². The molecule has 1 aromatic rings. The summed E-state index contributed by atoms with van der Waals surface area (Å²) < 4.78 is 4.99. The van der Waals surface area contributed by atoms with Crippen molar-refractivity contribution in [1.82, 2.24) is 0 Å². The number of nitrogens with two attached hydrogens (primary N) is 1. The molecule has 5 nitrogen and oxygen atoms in total. The van der Waals surface area contributed by atoms with Crippen LogP contribution in [0.1, 0.15) is 48.8 Å². The highest BCUT2D eigenvalue weighted by Gasteiger charge is 2.31. The zero-order valence-corrected chi connectivity index (χ0v) is 13.2. The van der Waals surface area contributed by atoms with E-state index >= 15 is 0 Å². The fourth-order valence-corrected chi connectivity index (χ4v) is 2.66. The highest BCUT2D eigenvalue weighted by molar-refractivity contribution is 7.16. The first-order valence-electron chi connectivity index (χ1n) is 6.75. The number of rotatable bonds is 6. The van der Waals surface area contributed by atoms with E-state index in [-0.39, 0.29) is 5.91 Å². The fourth-order valence-electron chi connectivity index (χ4n) is 1.77. The first-order chi connectivity index (χ1) is 9.37. The third kappa shape index (κ3) is 3.58. The Kier molecular flexibility index (Phi) is 5.71. The first-order valence-corrected chi connectivity index (χ1v) is 7.57. The predicted molar refractivity (Wildman–Crippen MR) is 81.1 cm³/mol. The Balaban J connectivity index is 2.98. The zero-order valence-electron chi connectivity index (χ0n) is 12.4. The molecule has 1 aromatic heterocycles. The number of ether oxygens (including phenoxy) is 1. The van der Waals surface area contributed by atoms with Crippen LogP contribution in [0, 0.1) is 6.92 Å². The maximum absolute atomic E-state index is 12.3. The van der Waals surface area contributed by atoms with E-state index in [0.717, 1.165) is 4.88 Å². The molecule has 1 rings (SSSR count). The third-order valence-electron chi connectivity index (χ3n) is 3.29. The smallest absolute Gasteiger partial charge is 0.341 e. The second-order valence-corrected chi connectivity index (χ2v) is 5.89. The number of hydrogen-bond donors (Lipinski definition) is 2. The quantitative estimate of drug-likeness (QED) is 0.791. The number of esters is 1. The summed E-state index contributed by atoms with van der Waals surface area (Å²) in [6, 6.07) is 1.72. The molecule has 0 radical (unpaired) electrons. The summed E-state index contributed by atoms with van der Waals surface area (Å²) >= 11 is 1.35. The standard InChI is InChI=1S/C14H22N2O3S/c1-5-14(15,6-2)13(18)16-11-10(8-9(4)20-11)12(17)19-7-3/h8H,5-7,15H2,1-4H3,(H,16,18). The molecule has 0 spiro atoms. The normalized spacial score (nSPS) is 11.2. The molecule has 6 heteroatoms. The summed E-state index contributed by atoms with van der Waals surface area (Å²) in [5, 5.41) is 3.27. The molecule has 0 unspecified atom stereocenters. The summed E-state index contributed by atoms with van der Waals surface area (Å²) in [4.78, 5) is 25.0. The van der Waals surface area contributed by atoms with Gasteiger partial charge in [0.25, 0.3) is 0 Å². The minimum absolute atomic E-state index is 0.269. The monoisotopic (exact) mass is 298 g/mol. The number of amides is 1. The van der Waals surface area contributed by atoms with Crippen LogP contribution in [0.3, 0.4) is 0 Å². The number of carbonyl (C=O) groups is 2. The fraction of sp³-hybridized carbons (Fsp3) is 0.571. The zero-order chi connectivity index (χ0) is 15.3. The minimum Gasteiger partial charge on any atom is -0.462 e. The highest BCUT2D eigenvalue weighted by atomic mass is 32.1. The summed E-state index contributed by atoms with van der Waals surface area (Å²) in [5.74, 6) is -0.697. The molecule has 1 heterocycles. The molecule has 20 heavy (non-hydrogen) atoms. The number of carbonyl (C=O) groups excluding carboxylic acids is 2. The predicted octanol–water partition coefficient (Wildman–Crippen LogP) is 2.69. The van der Waals surface area contributed by atoms with Crippen molar-refractivity contribution in [2.24, 2.45) is 5.73 Å². The molecule has 0 fully saturated rings. The van der Waals surface area contributed by atoms with Crippen LogP contribution in [-0.2, 0) is 9.53 Å². The molecule has 0 aliphatic heterocycles.